The Kier molecular flexibility index (Phi) is 3.42. The van der Waals surface area contributed by atoms with Crippen LogP contribution in [-0.4, -0.2) is 11.9 Å². The molecule has 3 N–H and O–H groups in total. The quantitative estimate of drug-likeness (QED) is 0.756. The van der Waals surface area contributed by atoms with Crippen molar-refractivity contribution in [2.75, 3.05) is 5.32 Å². The summed E-state index contributed by atoms with van der Waals surface area (Å²) >= 11 is 0. The largest absolute Gasteiger partial charge is 0.324 e. The summed E-state index contributed by atoms with van der Waals surface area (Å²) in [4.78, 5) is 11.3. The van der Waals surface area contributed by atoms with Crippen molar-refractivity contribution in [1.29, 1.82) is 5.26 Å². The van der Waals surface area contributed by atoms with E-state index in [0.29, 0.717) is 11.3 Å². The van der Waals surface area contributed by atoms with Gasteiger partial charge in [0.05, 0.1) is 17.3 Å². The van der Waals surface area contributed by atoms with Crippen molar-refractivity contribution >= 4 is 11.6 Å². The van der Waals surface area contributed by atoms with Crippen LogP contribution in [0.3, 0.4) is 0 Å². The van der Waals surface area contributed by atoms with Crippen LogP contribution in [-0.2, 0) is 4.79 Å². The topological polar surface area (TPSA) is 78.9 Å². The summed E-state index contributed by atoms with van der Waals surface area (Å²) in [5.74, 6) is -0.294. The molecule has 1 amide bonds. The van der Waals surface area contributed by atoms with E-state index in [-0.39, 0.29) is 5.91 Å². The molecule has 0 bridgehead atoms. The van der Waals surface area contributed by atoms with Gasteiger partial charge < -0.3 is 11.1 Å². The number of nitrogens with zero attached hydrogens (tertiary/aromatic N) is 1. The second-order valence-corrected chi connectivity index (χ2v) is 3.39. The van der Waals surface area contributed by atoms with E-state index in [1.54, 1.807) is 19.1 Å². The van der Waals surface area contributed by atoms with E-state index in [2.05, 4.69) is 11.4 Å². The zero-order valence-corrected chi connectivity index (χ0v) is 8.74. The lowest BCUT2D eigenvalue weighted by molar-refractivity contribution is -0.117. The van der Waals surface area contributed by atoms with Gasteiger partial charge in [0.15, 0.2) is 0 Å². The Morgan fingerprint density at radius 1 is 1.60 bits per heavy atom. The summed E-state index contributed by atoms with van der Waals surface area (Å²) in [6.07, 6.45) is 0. The van der Waals surface area contributed by atoms with Crippen molar-refractivity contribution in [1.82, 2.24) is 0 Å². The minimum absolute atomic E-state index is 0.294. The average Bonchev–Trinajstić information content (AvgIpc) is 2.18. The van der Waals surface area contributed by atoms with Crippen molar-refractivity contribution in [3.8, 4) is 6.07 Å². The SMILES string of the molecule is Cc1cccc(NC(=O)[C@H](C)N)c1C#N. The molecule has 0 aromatic heterocycles. The van der Waals surface area contributed by atoms with Crippen molar-refractivity contribution < 1.29 is 4.79 Å². The fraction of sp³-hybridized carbons (Fsp3) is 0.273. The molecule has 78 valence electrons. The van der Waals surface area contributed by atoms with Gasteiger partial charge in [-0.05, 0) is 25.5 Å². The zero-order chi connectivity index (χ0) is 11.4. The highest BCUT2D eigenvalue weighted by Gasteiger charge is 2.11. The Morgan fingerprint density at radius 3 is 2.80 bits per heavy atom. The molecule has 0 unspecified atom stereocenters. The molecule has 15 heavy (non-hydrogen) atoms. The van der Waals surface area contributed by atoms with Crippen molar-refractivity contribution in [3.63, 3.8) is 0 Å². The minimum atomic E-state index is -0.586. The Labute approximate surface area is 88.7 Å². The van der Waals surface area contributed by atoms with Crippen molar-refractivity contribution in [2.24, 2.45) is 5.73 Å². The Bertz CT molecular complexity index is 418. The number of aryl methyl sites for hydroxylation is 1. The molecule has 0 radical (unpaired) electrons. The number of hydrogen-bond acceptors (Lipinski definition) is 3. The van der Waals surface area contributed by atoms with E-state index in [1.807, 2.05) is 13.0 Å². The molecule has 0 aliphatic heterocycles. The molecule has 0 fully saturated rings. The van der Waals surface area contributed by atoms with E-state index >= 15 is 0 Å². The first-order valence-corrected chi connectivity index (χ1v) is 4.62. The fourth-order valence-corrected chi connectivity index (χ4v) is 1.17. The molecular weight excluding hydrogens is 190 g/mol. The second-order valence-electron chi connectivity index (χ2n) is 3.39. The molecule has 4 nitrogen and oxygen atoms in total. The Hall–Kier alpha value is -1.86. The van der Waals surface area contributed by atoms with Crippen LogP contribution >= 0.6 is 0 Å². The van der Waals surface area contributed by atoms with Crippen LogP contribution in [0.1, 0.15) is 18.1 Å². The first-order chi connectivity index (χ1) is 7.06. The number of amides is 1. The number of carbonyl (C=O) groups excluding carboxylic acids is 1. The molecule has 0 heterocycles. The van der Waals surface area contributed by atoms with Crippen LogP contribution < -0.4 is 11.1 Å². The summed E-state index contributed by atoms with van der Waals surface area (Å²) < 4.78 is 0. The van der Waals surface area contributed by atoms with Crippen molar-refractivity contribution in [2.45, 2.75) is 19.9 Å². The van der Waals surface area contributed by atoms with Gasteiger partial charge in [0.1, 0.15) is 6.07 Å². The highest BCUT2D eigenvalue weighted by molar-refractivity contribution is 5.95. The maximum absolute atomic E-state index is 11.3. The number of anilines is 1. The van der Waals surface area contributed by atoms with Crippen LogP contribution in [0.5, 0.6) is 0 Å². The van der Waals surface area contributed by atoms with Crippen LogP contribution in [0, 0.1) is 18.3 Å². The van der Waals surface area contributed by atoms with Crippen LogP contribution in [0.2, 0.25) is 0 Å². The number of rotatable bonds is 2. The standard InChI is InChI=1S/C11H13N3O/c1-7-4-3-5-10(9(7)6-12)14-11(15)8(2)13/h3-5,8H,13H2,1-2H3,(H,14,15)/t8-/m0/s1. The molecule has 4 heteroatoms. The maximum Gasteiger partial charge on any atom is 0.241 e. The fourth-order valence-electron chi connectivity index (χ4n) is 1.17. The summed E-state index contributed by atoms with van der Waals surface area (Å²) in [5, 5.41) is 11.5. The normalized spacial score (nSPS) is 11.6. The van der Waals surface area contributed by atoms with Crippen LogP contribution in [0.15, 0.2) is 18.2 Å². The van der Waals surface area contributed by atoms with Gasteiger partial charge in [-0.15, -0.1) is 0 Å². The molecule has 0 saturated carbocycles. The van der Waals surface area contributed by atoms with Gasteiger partial charge in [0.2, 0.25) is 5.91 Å². The average molecular weight is 203 g/mol. The third kappa shape index (κ3) is 2.55. The molecule has 1 aromatic rings. The second kappa shape index (κ2) is 4.58. The molecule has 1 rings (SSSR count). The highest BCUT2D eigenvalue weighted by Crippen LogP contribution is 2.18. The maximum atomic E-state index is 11.3. The van der Waals surface area contributed by atoms with Crippen LogP contribution in [0.25, 0.3) is 0 Å². The third-order valence-electron chi connectivity index (χ3n) is 2.06. The summed E-state index contributed by atoms with van der Waals surface area (Å²) in [6, 6.07) is 6.76. The molecule has 0 spiro atoms. The molecule has 1 atom stereocenters. The molecule has 1 aromatic carbocycles. The molecule has 0 aliphatic rings. The van der Waals surface area contributed by atoms with Crippen LogP contribution in [0.4, 0.5) is 5.69 Å². The molecular formula is C11H13N3O. The van der Waals surface area contributed by atoms with Crippen molar-refractivity contribution in [3.05, 3.63) is 29.3 Å². The van der Waals surface area contributed by atoms with Gasteiger partial charge >= 0.3 is 0 Å². The lowest BCUT2D eigenvalue weighted by Crippen LogP contribution is -2.32. The Morgan fingerprint density at radius 2 is 2.27 bits per heavy atom. The number of benzene rings is 1. The number of carbonyl (C=O) groups is 1. The zero-order valence-electron chi connectivity index (χ0n) is 8.74. The predicted molar refractivity (Wildman–Crippen MR) is 58.2 cm³/mol. The van der Waals surface area contributed by atoms with E-state index in [1.165, 1.54) is 0 Å². The monoisotopic (exact) mass is 203 g/mol. The minimum Gasteiger partial charge on any atom is -0.324 e. The summed E-state index contributed by atoms with van der Waals surface area (Å²) in [5.41, 5.74) is 7.24. The van der Waals surface area contributed by atoms with E-state index < -0.39 is 6.04 Å². The molecule has 0 aliphatic carbocycles. The first-order valence-electron chi connectivity index (χ1n) is 4.62. The molecule has 0 saturated heterocycles. The summed E-state index contributed by atoms with van der Waals surface area (Å²) in [6.45, 7) is 3.41. The third-order valence-corrected chi connectivity index (χ3v) is 2.06. The number of nitrogens with one attached hydrogen (secondary N) is 1. The smallest absolute Gasteiger partial charge is 0.241 e. The van der Waals surface area contributed by atoms with E-state index in [9.17, 15) is 4.79 Å². The summed E-state index contributed by atoms with van der Waals surface area (Å²) in [7, 11) is 0. The van der Waals surface area contributed by atoms with Gasteiger partial charge in [-0.3, -0.25) is 4.79 Å². The Balaban J connectivity index is 3.01. The lowest BCUT2D eigenvalue weighted by atomic mass is 10.1. The first kappa shape index (κ1) is 11.2. The number of nitriles is 1. The van der Waals surface area contributed by atoms with E-state index in [0.717, 1.165) is 5.56 Å². The van der Waals surface area contributed by atoms with E-state index in [4.69, 9.17) is 11.0 Å². The van der Waals surface area contributed by atoms with Gasteiger partial charge in [-0.25, -0.2) is 0 Å². The van der Waals surface area contributed by atoms with Gasteiger partial charge in [-0.2, -0.15) is 5.26 Å². The van der Waals surface area contributed by atoms with Gasteiger partial charge in [0.25, 0.3) is 0 Å². The number of nitrogens with two attached hydrogens (primary N) is 1. The lowest BCUT2D eigenvalue weighted by Gasteiger charge is -2.10. The number of hydrogen-bond donors (Lipinski definition) is 2. The van der Waals surface area contributed by atoms with Gasteiger partial charge in [0, 0.05) is 0 Å². The van der Waals surface area contributed by atoms with Gasteiger partial charge in [-0.1, -0.05) is 12.1 Å². The highest BCUT2D eigenvalue weighted by atomic mass is 16.2. The predicted octanol–water partition coefficient (Wildman–Crippen LogP) is 1.15.